The quantitative estimate of drug-likeness (QED) is 0.320. The van der Waals surface area contributed by atoms with Crippen LogP contribution < -0.4 is 10.6 Å². The molecule has 7 heteroatoms. The van der Waals surface area contributed by atoms with Crippen molar-refractivity contribution in [1.82, 2.24) is 9.97 Å². The number of nitrogens with zero attached hydrogens (tertiary/aromatic N) is 4. The van der Waals surface area contributed by atoms with Gasteiger partial charge in [0.2, 0.25) is 0 Å². The fourth-order valence-corrected chi connectivity index (χ4v) is 1.81. The molecule has 17 heavy (non-hydrogen) atoms. The normalized spacial score (nSPS) is 21.6. The summed E-state index contributed by atoms with van der Waals surface area (Å²) in [6, 6.07) is 0.186. The molecule has 1 aliphatic heterocycles. The molecule has 0 aromatic carbocycles. The topological polar surface area (TPSA) is 96.9 Å². The zero-order chi connectivity index (χ0) is 12.3. The summed E-state index contributed by atoms with van der Waals surface area (Å²) in [6.07, 6.45) is 3.10. The number of aromatic nitrogens is 2. The summed E-state index contributed by atoms with van der Waals surface area (Å²) in [5.74, 6) is 0.588. The highest BCUT2D eigenvalue weighted by Crippen LogP contribution is 2.19. The first-order valence-electron chi connectivity index (χ1n) is 5.37. The van der Waals surface area contributed by atoms with Crippen LogP contribution in [0.25, 0.3) is 0 Å². The number of rotatable bonds is 2. The summed E-state index contributed by atoms with van der Waals surface area (Å²) in [6.45, 7) is 4.01. The van der Waals surface area contributed by atoms with Gasteiger partial charge < -0.3 is 20.6 Å². The molecule has 0 spiro atoms. The Labute approximate surface area is 98.9 Å². The van der Waals surface area contributed by atoms with Crippen LogP contribution in [0.3, 0.4) is 0 Å². The highest BCUT2D eigenvalue weighted by atomic mass is 16.5. The van der Waals surface area contributed by atoms with E-state index in [1.807, 2.05) is 11.8 Å². The van der Waals surface area contributed by atoms with E-state index >= 15 is 0 Å². The van der Waals surface area contributed by atoms with Crippen molar-refractivity contribution in [1.29, 1.82) is 0 Å². The second-order valence-electron chi connectivity index (χ2n) is 3.83. The van der Waals surface area contributed by atoms with E-state index in [0.29, 0.717) is 31.3 Å². The summed E-state index contributed by atoms with van der Waals surface area (Å²) in [5.41, 5.74) is 5.98. The Morgan fingerprint density at radius 1 is 1.59 bits per heavy atom. The Balaban J connectivity index is 2.37. The molecule has 2 heterocycles. The van der Waals surface area contributed by atoms with Crippen LogP contribution in [0.4, 0.5) is 5.82 Å². The van der Waals surface area contributed by atoms with Crippen molar-refractivity contribution in [3.05, 3.63) is 18.1 Å². The smallest absolute Gasteiger partial charge is 0.192 e. The molecule has 3 N–H and O–H groups in total. The van der Waals surface area contributed by atoms with Crippen LogP contribution in [0.15, 0.2) is 17.5 Å². The first-order chi connectivity index (χ1) is 8.24. The third kappa shape index (κ3) is 2.28. The molecule has 0 amide bonds. The predicted molar refractivity (Wildman–Crippen MR) is 62.2 cm³/mol. The number of morpholine rings is 1. The Kier molecular flexibility index (Phi) is 3.38. The molecular weight excluding hydrogens is 222 g/mol. The van der Waals surface area contributed by atoms with E-state index in [0.717, 1.165) is 0 Å². The second-order valence-corrected chi connectivity index (χ2v) is 3.83. The second kappa shape index (κ2) is 4.96. The number of hydrogen-bond acceptors (Lipinski definition) is 6. The summed E-state index contributed by atoms with van der Waals surface area (Å²) in [7, 11) is 0. The molecule has 0 aliphatic carbocycles. The lowest BCUT2D eigenvalue weighted by atomic mass is 10.2. The van der Waals surface area contributed by atoms with Gasteiger partial charge in [-0.2, -0.15) is 0 Å². The van der Waals surface area contributed by atoms with Crippen LogP contribution in [0.1, 0.15) is 12.6 Å². The first kappa shape index (κ1) is 11.6. The molecule has 1 unspecified atom stereocenters. The first-order valence-corrected chi connectivity index (χ1v) is 5.37. The fourth-order valence-electron chi connectivity index (χ4n) is 1.81. The molecule has 0 bridgehead atoms. The molecule has 1 aromatic rings. The summed E-state index contributed by atoms with van der Waals surface area (Å²) < 4.78 is 5.36. The van der Waals surface area contributed by atoms with E-state index in [-0.39, 0.29) is 11.9 Å². The van der Waals surface area contributed by atoms with Gasteiger partial charge in [0.1, 0.15) is 0 Å². The highest BCUT2D eigenvalue weighted by Gasteiger charge is 2.24. The molecule has 2 rings (SSSR count). The minimum Gasteiger partial charge on any atom is -0.409 e. The van der Waals surface area contributed by atoms with Gasteiger partial charge in [-0.25, -0.2) is 9.97 Å². The third-order valence-electron chi connectivity index (χ3n) is 2.67. The number of hydrogen-bond donors (Lipinski definition) is 2. The SMILES string of the molecule is CC1COCCN1c1nccnc1C(N)=NO. The number of anilines is 1. The Morgan fingerprint density at radius 2 is 2.35 bits per heavy atom. The Hall–Kier alpha value is -1.89. The van der Waals surface area contributed by atoms with Gasteiger partial charge in [0, 0.05) is 18.9 Å². The Bertz CT molecular complexity index is 423. The van der Waals surface area contributed by atoms with Crippen molar-refractivity contribution in [3.63, 3.8) is 0 Å². The van der Waals surface area contributed by atoms with E-state index < -0.39 is 0 Å². The zero-order valence-electron chi connectivity index (χ0n) is 9.58. The van der Waals surface area contributed by atoms with E-state index in [1.54, 1.807) is 6.20 Å². The van der Waals surface area contributed by atoms with Gasteiger partial charge in [-0.15, -0.1) is 0 Å². The van der Waals surface area contributed by atoms with Crippen LogP contribution in [-0.2, 0) is 4.74 Å². The third-order valence-corrected chi connectivity index (χ3v) is 2.67. The molecule has 92 valence electrons. The van der Waals surface area contributed by atoms with Crippen molar-refractivity contribution >= 4 is 11.7 Å². The lowest BCUT2D eigenvalue weighted by Gasteiger charge is -2.34. The van der Waals surface area contributed by atoms with Gasteiger partial charge in [0.15, 0.2) is 17.3 Å². The average Bonchev–Trinajstić information content (AvgIpc) is 2.38. The largest absolute Gasteiger partial charge is 0.409 e. The van der Waals surface area contributed by atoms with Crippen molar-refractivity contribution in [3.8, 4) is 0 Å². The molecule has 1 saturated heterocycles. The molecule has 0 saturated carbocycles. The fraction of sp³-hybridized carbons (Fsp3) is 0.500. The van der Waals surface area contributed by atoms with Gasteiger partial charge >= 0.3 is 0 Å². The van der Waals surface area contributed by atoms with Gasteiger partial charge in [-0.05, 0) is 6.92 Å². The van der Waals surface area contributed by atoms with Gasteiger partial charge in [0.25, 0.3) is 0 Å². The van der Waals surface area contributed by atoms with E-state index in [1.165, 1.54) is 6.20 Å². The van der Waals surface area contributed by atoms with Crippen molar-refractivity contribution in [2.75, 3.05) is 24.7 Å². The van der Waals surface area contributed by atoms with E-state index in [9.17, 15) is 0 Å². The number of amidine groups is 1. The monoisotopic (exact) mass is 237 g/mol. The van der Waals surface area contributed by atoms with Crippen molar-refractivity contribution in [2.45, 2.75) is 13.0 Å². The molecule has 7 nitrogen and oxygen atoms in total. The van der Waals surface area contributed by atoms with Crippen molar-refractivity contribution in [2.24, 2.45) is 10.9 Å². The minimum atomic E-state index is -0.0354. The van der Waals surface area contributed by atoms with Gasteiger partial charge in [0.05, 0.1) is 19.3 Å². The van der Waals surface area contributed by atoms with E-state index in [2.05, 4.69) is 15.1 Å². The molecule has 1 fully saturated rings. The number of oxime groups is 1. The average molecular weight is 237 g/mol. The van der Waals surface area contributed by atoms with Gasteiger partial charge in [-0.3, -0.25) is 0 Å². The van der Waals surface area contributed by atoms with E-state index in [4.69, 9.17) is 15.7 Å². The predicted octanol–water partition coefficient (Wildman–Crippen LogP) is -0.204. The lowest BCUT2D eigenvalue weighted by molar-refractivity contribution is 0.0985. The van der Waals surface area contributed by atoms with Crippen LogP contribution in [-0.4, -0.2) is 46.8 Å². The van der Waals surface area contributed by atoms with Crippen LogP contribution in [0.2, 0.25) is 0 Å². The maximum atomic E-state index is 8.73. The molecule has 1 atom stereocenters. The maximum absolute atomic E-state index is 8.73. The highest BCUT2D eigenvalue weighted by molar-refractivity contribution is 5.99. The van der Waals surface area contributed by atoms with Gasteiger partial charge in [-0.1, -0.05) is 5.16 Å². The summed E-state index contributed by atoms with van der Waals surface area (Å²) in [4.78, 5) is 10.4. The van der Waals surface area contributed by atoms with Crippen LogP contribution in [0.5, 0.6) is 0 Å². The summed E-state index contributed by atoms with van der Waals surface area (Å²) >= 11 is 0. The van der Waals surface area contributed by atoms with Crippen molar-refractivity contribution < 1.29 is 9.94 Å². The Morgan fingerprint density at radius 3 is 3.06 bits per heavy atom. The summed E-state index contributed by atoms with van der Waals surface area (Å²) in [5, 5.41) is 11.7. The zero-order valence-corrected chi connectivity index (χ0v) is 9.58. The maximum Gasteiger partial charge on any atom is 0.192 e. The standard InChI is InChI=1S/C10H15N5O2/c1-7-6-17-5-4-15(7)10-8(9(11)14-16)12-2-3-13-10/h2-3,7,16H,4-6H2,1H3,(H2,11,14). The number of ether oxygens (including phenoxy) is 1. The van der Waals surface area contributed by atoms with Crippen LogP contribution >= 0.6 is 0 Å². The lowest BCUT2D eigenvalue weighted by Crippen LogP contribution is -2.45. The van der Waals surface area contributed by atoms with Crippen LogP contribution in [0, 0.1) is 0 Å². The number of nitrogens with two attached hydrogens (primary N) is 1. The molecule has 1 aromatic heterocycles. The molecule has 0 radical (unpaired) electrons. The minimum absolute atomic E-state index is 0.0354. The molecule has 1 aliphatic rings. The molecular formula is C10H15N5O2.